The average molecular weight is 406 g/mol. The molecular weight excluding hydrogens is 380 g/mol. The Morgan fingerprint density at radius 2 is 1.50 bits per heavy atom. The number of benzene rings is 2. The fourth-order valence-electron chi connectivity index (χ4n) is 4.21. The molecule has 2 aromatic rings. The van der Waals surface area contributed by atoms with E-state index in [0.717, 1.165) is 44.3 Å². The highest BCUT2D eigenvalue weighted by molar-refractivity contribution is 6.21. The molecule has 0 spiro atoms. The van der Waals surface area contributed by atoms with Gasteiger partial charge in [0.2, 0.25) is 0 Å². The molecule has 0 aromatic heterocycles. The third kappa shape index (κ3) is 3.82. The van der Waals surface area contributed by atoms with Crippen LogP contribution in [-0.4, -0.2) is 47.7 Å². The largest absolute Gasteiger partial charge is 0.496 e. The monoisotopic (exact) mass is 406 g/mol. The molecule has 0 aliphatic carbocycles. The molecule has 6 nitrogen and oxygen atoms in total. The Bertz CT molecular complexity index is 942. The first kappa shape index (κ1) is 20.1. The summed E-state index contributed by atoms with van der Waals surface area (Å²) >= 11 is 0. The van der Waals surface area contributed by atoms with Crippen LogP contribution in [0.3, 0.4) is 0 Å². The van der Waals surface area contributed by atoms with Gasteiger partial charge in [0.05, 0.1) is 30.3 Å². The summed E-state index contributed by atoms with van der Waals surface area (Å²) in [5.74, 6) is -0.155. The molecule has 0 saturated carbocycles. The van der Waals surface area contributed by atoms with Crippen molar-refractivity contribution in [3.05, 3.63) is 64.7 Å². The van der Waals surface area contributed by atoms with Gasteiger partial charge >= 0.3 is 0 Å². The number of fused-ring (bicyclic) bond motifs is 1. The molecule has 4 rings (SSSR count). The number of hydrogen-bond donors (Lipinski definition) is 0. The van der Waals surface area contributed by atoms with Crippen molar-refractivity contribution in [1.82, 2.24) is 9.80 Å². The van der Waals surface area contributed by atoms with Gasteiger partial charge in [-0.3, -0.25) is 19.3 Å². The molecule has 2 aliphatic heterocycles. The van der Waals surface area contributed by atoms with Gasteiger partial charge in [0.25, 0.3) is 17.7 Å². The Morgan fingerprint density at radius 1 is 0.900 bits per heavy atom. The lowest BCUT2D eigenvalue weighted by Gasteiger charge is -2.26. The summed E-state index contributed by atoms with van der Waals surface area (Å²) < 4.78 is 5.44. The number of ether oxygens (including phenoxy) is 1. The smallest absolute Gasteiger partial charge is 0.261 e. The Balaban J connectivity index is 1.58. The average Bonchev–Trinajstić information content (AvgIpc) is 2.98. The van der Waals surface area contributed by atoms with Crippen molar-refractivity contribution in [1.29, 1.82) is 0 Å². The molecule has 1 saturated heterocycles. The van der Waals surface area contributed by atoms with E-state index in [-0.39, 0.29) is 24.3 Å². The van der Waals surface area contributed by atoms with Gasteiger partial charge in [0.1, 0.15) is 5.75 Å². The second-order valence-corrected chi connectivity index (χ2v) is 7.84. The molecule has 2 aromatic carbocycles. The van der Waals surface area contributed by atoms with Crippen LogP contribution < -0.4 is 4.74 Å². The van der Waals surface area contributed by atoms with Gasteiger partial charge in [0, 0.05) is 13.1 Å². The van der Waals surface area contributed by atoms with Crippen LogP contribution in [-0.2, 0) is 6.54 Å². The number of imide groups is 1. The van der Waals surface area contributed by atoms with Crippen LogP contribution >= 0.6 is 0 Å². The van der Waals surface area contributed by atoms with Crippen LogP contribution in [0.15, 0.2) is 42.5 Å². The lowest BCUT2D eigenvalue weighted by atomic mass is 10.0. The molecule has 0 N–H and O–H groups in total. The van der Waals surface area contributed by atoms with E-state index in [2.05, 4.69) is 0 Å². The summed E-state index contributed by atoms with van der Waals surface area (Å²) in [4.78, 5) is 41.7. The van der Waals surface area contributed by atoms with Crippen LogP contribution in [0, 0.1) is 0 Å². The summed E-state index contributed by atoms with van der Waals surface area (Å²) in [5.41, 5.74) is 2.05. The zero-order chi connectivity index (χ0) is 21.1. The highest BCUT2D eigenvalue weighted by Gasteiger charge is 2.35. The second kappa shape index (κ2) is 8.69. The first-order valence-corrected chi connectivity index (χ1v) is 10.5. The SMILES string of the molecule is COc1ccc(CN2C(=O)c3ccccc3C2=O)cc1C(=O)N1CCCCCCC1. The molecule has 2 heterocycles. The van der Waals surface area contributed by atoms with E-state index in [0.29, 0.717) is 22.4 Å². The molecule has 2 aliphatic rings. The standard InChI is InChI=1S/C24H26N2O4/c1-30-21-12-11-17(15-20(21)22(27)25-13-7-3-2-4-8-14-25)16-26-23(28)18-9-5-6-10-19(18)24(26)29/h5-6,9-12,15H,2-4,7-8,13-14,16H2,1H3. The Hall–Kier alpha value is -3.15. The number of amides is 3. The quantitative estimate of drug-likeness (QED) is 0.723. The molecule has 0 bridgehead atoms. The molecule has 6 heteroatoms. The molecule has 0 radical (unpaired) electrons. The Labute approximate surface area is 176 Å². The fraction of sp³-hybridized carbons (Fsp3) is 0.375. The minimum atomic E-state index is -0.303. The van der Waals surface area contributed by atoms with Crippen molar-refractivity contribution >= 4 is 17.7 Å². The number of methoxy groups -OCH3 is 1. The van der Waals surface area contributed by atoms with Crippen LogP contribution in [0.5, 0.6) is 5.75 Å². The van der Waals surface area contributed by atoms with Crippen molar-refractivity contribution in [3.8, 4) is 5.75 Å². The van der Waals surface area contributed by atoms with E-state index in [4.69, 9.17) is 4.74 Å². The van der Waals surface area contributed by atoms with Crippen molar-refractivity contribution in [2.24, 2.45) is 0 Å². The molecular formula is C24H26N2O4. The summed E-state index contributed by atoms with van der Waals surface area (Å²) in [6.45, 7) is 1.60. The molecule has 30 heavy (non-hydrogen) atoms. The minimum absolute atomic E-state index is 0.0574. The maximum Gasteiger partial charge on any atom is 0.261 e. The van der Waals surface area contributed by atoms with Crippen molar-refractivity contribution in [2.45, 2.75) is 38.6 Å². The van der Waals surface area contributed by atoms with Gasteiger partial charge in [-0.2, -0.15) is 0 Å². The Morgan fingerprint density at radius 3 is 2.10 bits per heavy atom. The van der Waals surface area contributed by atoms with Gasteiger partial charge in [-0.1, -0.05) is 37.5 Å². The maximum atomic E-state index is 13.2. The topological polar surface area (TPSA) is 66.9 Å². The molecule has 0 atom stereocenters. The zero-order valence-corrected chi connectivity index (χ0v) is 17.2. The molecule has 1 fully saturated rings. The van der Waals surface area contributed by atoms with E-state index in [1.807, 2.05) is 4.90 Å². The van der Waals surface area contributed by atoms with Crippen molar-refractivity contribution < 1.29 is 19.1 Å². The van der Waals surface area contributed by atoms with Crippen LogP contribution in [0.4, 0.5) is 0 Å². The first-order chi connectivity index (χ1) is 14.6. The van der Waals surface area contributed by atoms with Crippen LogP contribution in [0.2, 0.25) is 0 Å². The Kier molecular flexibility index (Phi) is 5.84. The number of carbonyl (C=O) groups is 3. The molecule has 3 amide bonds. The van der Waals surface area contributed by atoms with Gasteiger partial charge in [-0.25, -0.2) is 0 Å². The second-order valence-electron chi connectivity index (χ2n) is 7.84. The normalized spacial score (nSPS) is 16.8. The molecule has 0 unspecified atom stereocenters. The van der Waals surface area contributed by atoms with Gasteiger partial charge in [-0.15, -0.1) is 0 Å². The summed E-state index contributed by atoms with van der Waals surface area (Å²) in [5, 5.41) is 0. The number of nitrogens with zero attached hydrogens (tertiary/aromatic N) is 2. The van der Waals surface area contributed by atoms with E-state index >= 15 is 0 Å². The van der Waals surface area contributed by atoms with Gasteiger partial charge in [-0.05, 0) is 42.7 Å². The minimum Gasteiger partial charge on any atom is -0.496 e. The number of hydrogen-bond acceptors (Lipinski definition) is 4. The summed E-state index contributed by atoms with van der Waals surface area (Å²) in [6.07, 6.45) is 5.51. The highest BCUT2D eigenvalue weighted by atomic mass is 16.5. The summed E-state index contributed by atoms with van der Waals surface area (Å²) in [6, 6.07) is 12.1. The van der Waals surface area contributed by atoms with E-state index in [9.17, 15) is 14.4 Å². The number of rotatable bonds is 4. The highest BCUT2D eigenvalue weighted by Crippen LogP contribution is 2.27. The number of likely N-dealkylation sites (tertiary alicyclic amines) is 1. The van der Waals surface area contributed by atoms with Crippen molar-refractivity contribution in [3.63, 3.8) is 0 Å². The van der Waals surface area contributed by atoms with Crippen molar-refractivity contribution in [2.75, 3.05) is 20.2 Å². The van der Waals surface area contributed by atoms with E-state index in [1.165, 1.54) is 11.3 Å². The lowest BCUT2D eigenvalue weighted by molar-refractivity contribution is 0.0642. The van der Waals surface area contributed by atoms with E-state index in [1.54, 1.807) is 49.6 Å². The van der Waals surface area contributed by atoms with E-state index < -0.39 is 0 Å². The predicted molar refractivity (Wildman–Crippen MR) is 113 cm³/mol. The van der Waals surface area contributed by atoms with Crippen LogP contribution in [0.1, 0.15) is 68.7 Å². The van der Waals surface area contributed by atoms with Gasteiger partial charge in [0.15, 0.2) is 0 Å². The maximum absolute atomic E-state index is 13.2. The third-order valence-corrected chi connectivity index (χ3v) is 5.86. The number of carbonyl (C=O) groups excluding carboxylic acids is 3. The summed E-state index contributed by atoms with van der Waals surface area (Å²) in [7, 11) is 1.55. The third-order valence-electron chi connectivity index (χ3n) is 5.86. The first-order valence-electron chi connectivity index (χ1n) is 10.5. The van der Waals surface area contributed by atoms with Crippen LogP contribution in [0.25, 0.3) is 0 Å². The lowest BCUT2D eigenvalue weighted by Crippen LogP contribution is -2.34. The fourth-order valence-corrected chi connectivity index (χ4v) is 4.21. The zero-order valence-electron chi connectivity index (χ0n) is 17.2. The molecule has 156 valence electrons. The predicted octanol–water partition coefficient (Wildman–Crippen LogP) is 3.90. The van der Waals surface area contributed by atoms with Gasteiger partial charge < -0.3 is 9.64 Å².